The zero-order valence-corrected chi connectivity index (χ0v) is 13.5. The molecule has 0 aliphatic carbocycles. The lowest BCUT2D eigenvalue weighted by atomic mass is 10.2. The number of hydrogen-bond acceptors (Lipinski definition) is 2. The number of amides is 1. The summed E-state index contributed by atoms with van der Waals surface area (Å²) in [5.74, 6) is 1.87. The third kappa shape index (κ3) is 6.64. The molecule has 0 bridgehead atoms. The van der Waals surface area contributed by atoms with Gasteiger partial charge in [-0.1, -0.05) is 25.8 Å². The molecule has 6 heteroatoms. The second-order valence-corrected chi connectivity index (χ2v) is 5.83. The van der Waals surface area contributed by atoms with Gasteiger partial charge in [0.05, 0.1) is 6.54 Å². The maximum absolute atomic E-state index is 12.6. The van der Waals surface area contributed by atoms with E-state index in [0.717, 1.165) is 4.90 Å². The first kappa shape index (κ1) is 18.9. The minimum atomic E-state index is -4.41. The molecule has 0 aliphatic heterocycles. The van der Waals surface area contributed by atoms with E-state index < -0.39 is 18.6 Å². The fraction of sp³-hybridized carbons (Fsp3) is 0.471. The zero-order valence-electron chi connectivity index (χ0n) is 13.5. The number of rotatable bonds is 6. The third-order valence-corrected chi connectivity index (χ3v) is 3.13. The Kier molecular flexibility index (Phi) is 6.49. The van der Waals surface area contributed by atoms with Crippen LogP contribution in [0.3, 0.4) is 0 Å². The van der Waals surface area contributed by atoms with E-state index in [1.54, 1.807) is 50.1 Å². The summed E-state index contributed by atoms with van der Waals surface area (Å²) < 4.78 is 37.9. The molecule has 0 atom stereocenters. The largest absolute Gasteiger partial charge is 0.406 e. The Labute approximate surface area is 135 Å². The molecule has 0 radical (unpaired) electrons. The van der Waals surface area contributed by atoms with Crippen LogP contribution in [0.15, 0.2) is 24.3 Å². The Balaban J connectivity index is 2.82. The summed E-state index contributed by atoms with van der Waals surface area (Å²) in [6.45, 7) is 2.24. The molecule has 0 heterocycles. The molecule has 1 rings (SSSR count). The van der Waals surface area contributed by atoms with Crippen LogP contribution in [0.1, 0.15) is 19.4 Å². The number of terminal acetylenes is 1. The highest BCUT2D eigenvalue weighted by atomic mass is 19.4. The van der Waals surface area contributed by atoms with Crippen molar-refractivity contribution < 1.29 is 18.0 Å². The number of carbonyl (C=O) groups is 1. The van der Waals surface area contributed by atoms with Crippen LogP contribution in [0.5, 0.6) is 0 Å². The van der Waals surface area contributed by atoms with Crippen LogP contribution >= 0.6 is 0 Å². The monoisotopic (exact) mass is 326 g/mol. The molecule has 0 N–H and O–H groups in total. The van der Waals surface area contributed by atoms with Crippen LogP contribution in [0.4, 0.5) is 18.9 Å². The van der Waals surface area contributed by atoms with Gasteiger partial charge < -0.3 is 9.80 Å². The standard InChI is InChI=1S/C17H21F3N2O/c1-5-14-7-6-8-15(9-14)21(4)11-16(23)22(10-13(2)3)12-17(18,19)20/h1,6-9,13H,10-12H2,2-4H3. The van der Waals surface area contributed by atoms with Crippen molar-refractivity contribution in [3.8, 4) is 12.3 Å². The molecule has 0 saturated carbocycles. The topological polar surface area (TPSA) is 23.6 Å². The van der Waals surface area contributed by atoms with Gasteiger partial charge in [-0.25, -0.2) is 0 Å². The lowest BCUT2D eigenvalue weighted by Crippen LogP contribution is -2.45. The van der Waals surface area contributed by atoms with Gasteiger partial charge in [-0.05, 0) is 24.1 Å². The van der Waals surface area contributed by atoms with Crippen LogP contribution in [-0.2, 0) is 4.79 Å². The van der Waals surface area contributed by atoms with Crippen LogP contribution < -0.4 is 4.90 Å². The number of likely N-dealkylation sites (N-methyl/N-ethyl adjacent to an activating group) is 1. The molecule has 0 spiro atoms. The van der Waals surface area contributed by atoms with E-state index in [9.17, 15) is 18.0 Å². The van der Waals surface area contributed by atoms with Crippen LogP contribution in [0.2, 0.25) is 0 Å². The molecular formula is C17H21F3N2O. The van der Waals surface area contributed by atoms with Gasteiger partial charge in [0.1, 0.15) is 6.54 Å². The van der Waals surface area contributed by atoms with Crippen molar-refractivity contribution in [3.05, 3.63) is 29.8 Å². The summed E-state index contributed by atoms with van der Waals surface area (Å²) in [5, 5.41) is 0. The van der Waals surface area contributed by atoms with Crippen molar-refractivity contribution in [2.45, 2.75) is 20.0 Å². The molecule has 3 nitrogen and oxygen atoms in total. The fourth-order valence-corrected chi connectivity index (χ4v) is 2.14. The van der Waals surface area contributed by atoms with Gasteiger partial charge >= 0.3 is 6.18 Å². The van der Waals surface area contributed by atoms with E-state index in [1.165, 1.54) is 0 Å². The smallest absolute Gasteiger partial charge is 0.365 e. The lowest BCUT2D eigenvalue weighted by molar-refractivity contribution is -0.161. The van der Waals surface area contributed by atoms with E-state index >= 15 is 0 Å². The minimum absolute atomic E-state index is 0.0450. The van der Waals surface area contributed by atoms with E-state index in [4.69, 9.17) is 6.42 Å². The van der Waals surface area contributed by atoms with Crippen molar-refractivity contribution in [1.82, 2.24) is 4.90 Å². The van der Waals surface area contributed by atoms with Gasteiger partial charge in [0.25, 0.3) is 0 Å². The summed E-state index contributed by atoms with van der Waals surface area (Å²) in [6.07, 6.45) is 0.914. The number of alkyl halides is 3. The average Bonchev–Trinajstić information content (AvgIpc) is 2.44. The molecule has 0 aliphatic rings. The molecule has 1 amide bonds. The van der Waals surface area contributed by atoms with Crippen molar-refractivity contribution in [1.29, 1.82) is 0 Å². The second-order valence-electron chi connectivity index (χ2n) is 5.83. The highest BCUT2D eigenvalue weighted by molar-refractivity contribution is 5.81. The highest BCUT2D eigenvalue weighted by Gasteiger charge is 2.33. The van der Waals surface area contributed by atoms with E-state index in [1.807, 2.05) is 0 Å². The Hall–Kier alpha value is -2.16. The summed E-state index contributed by atoms with van der Waals surface area (Å²) >= 11 is 0. The number of halogens is 3. The molecule has 23 heavy (non-hydrogen) atoms. The van der Waals surface area contributed by atoms with Crippen molar-refractivity contribution in [2.75, 3.05) is 31.6 Å². The fourth-order valence-electron chi connectivity index (χ4n) is 2.14. The SMILES string of the molecule is C#Cc1cccc(N(C)CC(=O)N(CC(C)C)CC(F)(F)F)c1. The van der Waals surface area contributed by atoms with Gasteiger partial charge in [0.15, 0.2) is 0 Å². The molecular weight excluding hydrogens is 305 g/mol. The van der Waals surface area contributed by atoms with Crippen LogP contribution in [-0.4, -0.2) is 43.7 Å². The van der Waals surface area contributed by atoms with Gasteiger partial charge in [0.2, 0.25) is 5.91 Å². The molecule has 0 unspecified atom stereocenters. The number of carbonyl (C=O) groups excluding carboxylic acids is 1. The van der Waals surface area contributed by atoms with E-state index in [-0.39, 0.29) is 19.0 Å². The van der Waals surface area contributed by atoms with Gasteiger partial charge in [0, 0.05) is 24.8 Å². The van der Waals surface area contributed by atoms with Crippen LogP contribution in [0, 0.1) is 18.3 Å². The Morgan fingerprint density at radius 1 is 1.35 bits per heavy atom. The molecule has 1 aromatic rings. The van der Waals surface area contributed by atoms with Gasteiger partial charge in [-0.2, -0.15) is 13.2 Å². The molecule has 0 saturated heterocycles. The van der Waals surface area contributed by atoms with E-state index in [2.05, 4.69) is 5.92 Å². The molecule has 0 aromatic heterocycles. The Morgan fingerprint density at radius 2 is 2.00 bits per heavy atom. The number of anilines is 1. The number of benzene rings is 1. The predicted octanol–water partition coefficient (Wildman–Crippen LogP) is 3.15. The number of hydrogen-bond donors (Lipinski definition) is 0. The summed E-state index contributed by atoms with van der Waals surface area (Å²) in [4.78, 5) is 14.7. The first-order valence-corrected chi connectivity index (χ1v) is 7.24. The van der Waals surface area contributed by atoms with Crippen LogP contribution in [0.25, 0.3) is 0 Å². The quantitative estimate of drug-likeness (QED) is 0.750. The zero-order chi connectivity index (χ0) is 17.6. The maximum Gasteiger partial charge on any atom is 0.406 e. The summed E-state index contributed by atoms with van der Waals surface area (Å²) in [6, 6.07) is 6.95. The van der Waals surface area contributed by atoms with Gasteiger partial charge in [-0.3, -0.25) is 4.79 Å². The highest BCUT2D eigenvalue weighted by Crippen LogP contribution is 2.19. The number of nitrogens with zero attached hydrogens (tertiary/aromatic N) is 2. The second kappa shape index (κ2) is 7.91. The molecule has 1 aromatic carbocycles. The third-order valence-electron chi connectivity index (χ3n) is 3.13. The Bertz CT molecular complexity index is 576. The van der Waals surface area contributed by atoms with Crippen molar-refractivity contribution in [3.63, 3.8) is 0 Å². The summed E-state index contributed by atoms with van der Waals surface area (Å²) in [5.41, 5.74) is 1.33. The van der Waals surface area contributed by atoms with E-state index in [0.29, 0.717) is 11.3 Å². The normalized spacial score (nSPS) is 11.2. The summed E-state index contributed by atoms with van der Waals surface area (Å²) in [7, 11) is 1.65. The first-order valence-electron chi connectivity index (χ1n) is 7.24. The predicted molar refractivity (Wildman–Crippen MR) is 85.1 cm³/mol. The molecule has 0 fully saturated rings. The van der Waals surface area contributed by atoms with Gasteiger partial charge in [-0.15, -0.1) is 6.42 Å². The lowest BCUT2D eigenvalue weighted by Gasteiger charge is -2.28. The first-order chi connectivity index (χ1) is 10.6. The van der Waals surface area contributed by atoms with Crippen molar-refractivity contribution in [2.24, 2.45) is 5.92 Å². The minimum Gasteiger partial charge on any atom is -0.365 e. The molecule has 126 valence electrons. The van der Waals surface area contributed by atoms with Crippen molar-refractivity contribution >= 4 is 11.6 Å². The average molecular weight is 326 g/mol. The Morgan fingerprint density at radius 3 is 2.52 bits per heavy atom. The maximum atomic E-state index is 12.6.